The van der Waals surface area contributed by atoms with Gasteiger partial charge in [0.25, 0.3) is 0 Å². The molecule has 0 aliphatic carbocycles. The smallest absolute Gasteiger partial charge is 0.0621 e. The maximum Gasteiger partial charge on any atom is 0.0621 e. The molecule has 0 amide bonds. The van der Waals surface area contributed by atoms with Crippen LogP contribution in [0.25, 0.3) is 0 Å². The van der Waals surface area contributed by atoms with E-state index in [4.69, 9.17) is 5.26 Å². The Morgan fingerprint density at radius 3 is 2.93 bits per heavy atom. The second-order valence-electron chi connectivity index (χ2n) is 3.45. The largest absolute Gasteiger partial charge is 0.385 e. The first kappa shape index (κ1) is 12.1. The van der Waals surface area contributed by atoms with E-state index in [0.29, 0.717) is 6.42 Å². The Morgan fingerprint density at radius 2 is 2.20 bits per heavy atom. The van der Waals surface area contributed by atoms with Crippen molar-refractivity contribution in [2.24, 2.45) is 0 Å². The number of anilines is 1. The van der Waals surface area contributed by atoms with Crippen LogP contribution in [0.2, 0.25) is 0 Å². The third-order valence-electron chi connectivity index (χ3n) is 2.30. The fraction of sp³-hybridized carbons (Fsp3) is 0.417. The minimum atomic E-state index is 0.652. The molecule has 80 valence electrons. The SMILES string of the molecule is Cc1c(Br)cccc1NCCCCC#N. The maximum atomic E-state index is 8.39. The van der Waals surface area contributed by atoms with Crippen molar-refractivity contribution in [2.75, 3.05) is 11.9 Å². The van der Waals surface area contributed by atoms with Gasteiger partial charge in [0.15, 0.2) is 0 Å². The number of hydrogen-bond acceptors (Lipinski definition) is 2. The second-order valence-corrected chi connectivity index (χ2v) is 4.31. The predicted molar refractivity (Wildman–Crippen MR) is 66.8 cm³/mol. The molecular formula is C12H15BrN2. The molecule has 0 radical (unpaired) electrons. The van der Waals surface area contributed by atoms with Crippen LogP contribution in [0.5, 0.6) is 0 Å². The van der Waals surface area contributed by atoms with Gasteiger partial charge in [-0.05, 0) is 37.5 Å². The number of nitrogens with one attached hydrogen (secondary N) is 1. The highest BCUT2D eigenvalue weighted by Crippen LogP contribution is 2.23. The molecule has 1 aromatic carbocycles. The highest BCUT2D eigenvalue weighted by molar-refractivity contribution is 9.10. The van der Waals surface area contributed by atoms with Crippen LogP contribution in [0, 0.1) is 18.3 Å². The molecule has 1 rings (SSSR count). The first-order valence-corrected chi connectivity index (χ1v) is 5.91. The Labute approximate surface area is 99.4 Å². The average Bonchev–Trinajstić information content (AvgIpc) is 2.24. The number of unbranched alkanes of at least 4 members (excludes halogenated alkanes) is 2. The predicted octanol–water partition coefficient (Wildman–Crippen LogP) is 3.86. The van der Waals surface area contributed by atoms with Gasteiger partial charge in [-0.2, -0.15) is 5.26 Å². The Morgan fingerprint density at radius 1 is 1.40 bits per heavy atom. The number of nitrogens with zero attached hydrogens (tertiary/aromatic N) is 1. The van der Waals surface area contributed by atoms with Crippen molar-refractivity contribution in [1.82, 2.24) is 0 Å². The molecule has 0 heterocycles. The molecule has 1 N–H and O–H groups in total. The standard InChI is InChI=1S/C12H15BrN2/c1-10-11(13)6-5-7-12(10)15-9-4-2-3-8-14/h5-7,15H,2-4,9H2,1H3. The number of hydrogen-bond donors (Lipinski definition) is 1. The lowest BCUT2D eigenvalue weighted by atomic mass is 10.2. The fourth-order valence-electron chi connectivity index (χ4n) is 1.35. The van der Waals surface area contributed by atoms with Crippen LogP contribution in [0.3, 0.4) is 0 Å². The van der Waals surface area contributed by atoms with Crippen LogP contribution >= 0.6 is 15.9 Å². The second kappa shape index (κ2) is 6.47. The summed E-state index contributed by atoms with van der Waals surface area (Å²) < 4.78 is 1.13. The van der Waals surface area contributed by atoms with Gasteiger partial charge in [0.2, 0.25) is 0 Å². The van der Waals surface area contributed by atoms with Crippen LogP contribution in [-0.2, 0) is 0 Å². The van der Waals surface area contributed by atoms with E-state index >= 15 is 0 Å². The van der Waals surface area contributed by atoms with E-state index in [1.165, 1.54) is 11.3 Å². The quantitative estimate of drug-likeness (QED) is 0.822. The molecule has 0 aliphatic rings. The van der Waals surface area contributed by atoms with Crippen molar-refractivity contribution in [3.63, 3.8) is 0 Å². The minimum Gasteiger partial charge on any atom is -0.385 e. The number of benzene rings is 1. The average molecular weight is 267 g/mol. The van der Waals surface area contributed by atoms with Crippen LogP contribution in [0.1, 0.15) is 24.8 Å². The zero-order valence-electron chi connectivity index (χ0n) is 8.89. The van der Waals surface area contributed by atoms with Crippen LogP contribution in [0.15, 0.2) is 22.7 Å². The van der Waals surface area contributed by atoms with Crippen molar-refractivity contribution < 1.29 is 0 Å². The Balaban J connectivity index is 2.38. The van der Waals surface area contributed by atoms with Gasteiger partial charge in [-0.15, -0.1) is 0 Å². The zero-order valence-corrected chi connectivity index (χ0v) is 10.5. The molecule has 0 saturated heterocycles. The summed E-state index contributed by atoms with van der Waals surface area (Å²) in [4.78, 5) is 0. The summed E-state index contributed by atoms with van der Waals surface area (Å²) >= 11 is 3.50. The van der Waals surface area contributed by atoms with E-state index in [-0.39, 0.29) is 0 Å². The number of halogens is 1. The topological polar surface area (TPSA) is 35.8 Å². The van der Waals surface area contributed by atoms with Crippen molar-refractivity contribution in [3.05, 3.63) is 28.2 Å². The summed E-state index contributed by atoms with van der Waals surface area (Å²) in [6, 6.07) is 8.29. The number of nitriles is 1. The van der Waals surface area contributed by atoms with Crippen LogP contribution < -0.4 is 5.32 Å². The molecule has 0 bridgehead atoms. The highest BCUT2D eigenvalue weighted by atomic mass is 79.9. The molecular weight excluding hydrogens is 252 g/mol. The molecule has 0 fully saturated rings. The van der Waals surface area contributed by atoms with Crippen LogP contribution in [-0.4, -0.2) is 6.54 Å². The molecule has 2 nitrogen and oxygen atoms in total. The van der Waals surface area contributed by atoms with Gasteiger partial charge in [-0.3, -0.25) is 0 Å². The lowest BCUT2D eigenvalue weighted by molar-refractivity contribution is 0.784. The van der Waals surface area contributed by atoms with Gasteiger partial charge in [0.1, 0.15) is 0 Å². The minimum absolute atomic E-state index is 0.652. The lowest BCUT2D eigenvalue weighted by Crippen LogP contribution is -2.02. The third-order valence-corrected chi connectivity index (χ3v) is 3.16. The van der Waals surface area contributed by atoms with E-state index < -0.39 is 0 Å². The molecule has 15 heavy (non-hydrogen) atoms. The van der Waals surface area contributed by atoms with E-state index in [9.17, 15) is 0 Å². The van der Waals surface area contributed by atoms with Gasteiger partial charge in [0.05, 0.1) is 6.07 Å². The zero-order chi connectivity index (χ0) is 11.1. The summed E-state index contributed by atoms with van der Waals surface area (Å²) in [5, 5.41) is 11.8. The van der Waals surface area contributed by atoms with E-state index in [1.54, 1.807) is 0 Å². The van der Waals surface area contributed by atoms with Gasteiger partial charge in [-0.25, -0.2) is 0 Å². The lowest BCUT2D eigenvalue weighted by Gasteiger charge is -2.09. The van der Waals surface area contributed by atoms with E-state index in [1.807, 2.05) is 12.1 Å². The molecule has 0 atom stereocenters. The van der Waals surface area contributed by atoms with Gasteiger partial charge in [-0.1, -0.05) is 22.0 Å². The van der Waals surface area contributed by atoms with Crippen molar-refractivity contribution in [3.8, 4) is 6.07 Å². The van der Waals surface area contributed by atoms with E-state index in [0.717, 1.165) is 23.9 Å². The van der Waals surface area contributed by atoms with Crippen molar-refractivity contribution >= 4 is 21.6 Å². The van der Waals surface area contributed by atoms with Crippen molar-refractivity contribution in [2.45, 2.75) is 26.2 Å². The summed E-state index contributed by atoms with van der Waals surface area (Å²) in [6.07, 6.45) is 2.66. The van der Waals surface area contributed by atoms with Crippen molar-refractivity contribution in [1.29, 1.82) is 5.26 Å². The van der Waals surface area contributed by atoms with Gasteiger partial charge in [0, 0.05) is 23.1 Å². The molecule has 1 aromatic rings. The Bertz CT molecular complexity index is 355. The molecule has 0 spiro atoms. The summed E-state index contributed by atoms with van der Waals surface area (Å²) in [5.41, 5.74) is 2.40. The normalized spacial score (nSPS) is 9.67. The van der Waals surface area contributed by atoms with E-state index in [2.05, 4.69) is 40.3 Å². The molecule has 0 unspecified atom stereocenters. The summed E-state index contributed by atoms with van der Waals surface area (Å²) in [6.45, 7) is 3.01. The van der Waals surface area contributed by atoms with Gasteiger partial charge >= 0.3 is 0 Å². The molecule has 3 heteroatoms. The molecule has 0 aliphatic heterocycles. The monoisotopic (exact) mass is 266 g/mol. The van der Waals surface area contributed by atoms with Crippen LogP contribution in [0.4, 0.5) is 5.69 Å². The highest BCUT2D eigenvalue weighted by Gasteiger charge is 1.99. The summed E-state index contributed by atoms with van der Waals surface area (Å²) in [5.74, 6) is 0. The Kier molecular flexibility index (Phi) is 5.20. The molecule has 0 saturated carbocycles. The summed E-state index contributed by atoms with van der Waals surface area (Å²) in [7, 11) is 0. The number of rotatable bonds is 5. The first-order chi connectivity index (χ1) is 7.25. The Hall–Kier alpha value is -1.01. The fourth-order valence-corrected chi connectivity index (χ4v) is 1.72. The molecule has 0 aromatic heterocycles. The van der Waals surface area contributed by atoms with Gasteiger partial charge < -0.3 is 5.32 Å². The first-order valence-electron chi connectivity index (χ1n) is 5.11. The third kappa shape index (κ3) is 3.93. The maximum absolute atomic E-state index is 8.39.